The molecule has 4 unspecified atom stereocenters. The Hall–Kier alpha value is -0.260. The number of allylic oxidation sites excluding steroid dienone is 2. The largest absolute Gasteiger partial charge is 0.0845 e. The van der Waals surface area contributed by atoms with Gasteiger partial charge in [-0.1, -0.05) is 98.1 Å². The average Bonchev–Trinajstić information content (AvgIpc) is 3.11. The van der Waals surface area contributed by atoms with E-state index in [1.165, 1.54) is 89.9 Å². The summed E-state index contributed by atoms with van der Waals surface area (Å²) in [6.07, 6.45) is 24.3. The van der Waals surface area contributed by atoms with Gasteiger partial charge >= 0.3 is 0 Å². The van der Waals surface area contributed by atoms with E-state index in [2.05, 4.69) is 47.6 Å². The maximum Gasteiger partial charge on any atom is -0.00851 e. The molecule has 0 aromatic carbocycles. The molecule has 32 heavy (non-hydrogen) atoms. The third-order valence-electron chi connectivity index (χ3n) is 11.5. The summed E-state index contributed by atoms with van der Waals surface area (Å²) >= 11 is 0. The second kappa shape index (κ2) is 10.2. The van der Waals surface area contributed by atoms with Crippen molar-refractivity contribution in [2.24, 2.45) is 52.3 Å². The molecule has 1 radical (unpaired) electrons. The van der Waals surface area contributed by atoms with Crippen LogP contribution in [0.25, 0.3) is 0 Å². The monoisotopic (exact) mass is 439 g/mol. The van der Waals surface area contributed by atoms with Gasteiger partial charge in [-0.3, -0.25) is 0 Å². The molecule has 0 aromatic heterocycles. The zero-order valence-electron chi connectivity index (χ0n) is 22.4. The van der Waals surface area contributed by atoms with Crippen LogP contribution in [0.4, 0.5) is 0 Å². The van der Waals surface area contributed by atoms with Crippen molar-refractivity contribution >= 4 is 0 Å². The first-order chi connectivity index (χ1) is 15.3. The molecule has 0 aromatic rings. The molecule has 0 saturated heterocycles. The molecule has 0 spiro atoms. The number of hydrogen-bond acceptors (Lipinski definition) is 0. The molecular formula is C32H55. The molecule has 3 saturated carbocycles. The average molecular weight is 440 g/mol. The zero-order chi connectivity index (χ0) is 22.9. The molecule has 4 aliphatic rings. The fourth-order valence-electron chi connectivity index (χ4n) is 9.62. The first-order valence-electron chi connectivity index (χ1n) is 14.8. The number of fused-ring (bicyclic) bond motifs is 5. The fourth-order valence-corrected chi connectivity index (χ4v) is 9.62. The minimum Gasteiger partial charge on any atom is -0.0845 e. The summed E-state index contributed by atoms with van der Waals surface area (Å²) in [5.41, 5.74) is 3.06. The molecule has 8 atom stereocenters. The third kappa shape index (κ3) is 4.64. The van der Waals surface area contributed by atoms with Crippen molar-refractivity contribution in [3.05, 3.63) is 18.6 Å². The van der Waals surface area contributed by atoms with Crippen LogP contribution in [-0.2, 0) is 0 Å². The topological polar surface area (TPSA) is 0 Å². The van der Waals surface area contributed by atoms with E-state index < -0.39 is 0 Å². The Labute approximate surface area is 201 Å². The molecule has 0 heteroatoms. The van der Waals surface area contributed by atoms with Crippen molar-refractivity contribution in [2.75, 3.05) is 0 Å². The van der Waals surface area contributed by atoms with E-state index in [1.807, 2.05) is 5.57 Å². The van der Waals surface area contributed by atoms with Crippen molar-refractivity contribution in [1.29, 1.82) is 0 Å². The van der Waals surface area contributed by atoms with Crippen molar-refractivity contribution < 1.29 is 0 Å². The highest BCUT2D eigenvalue weighted by Gasteiger charge is 2.59. The normalized spacial score (nSPS) is 42.2. The predicted molar refractivity (Wildman–Crippen MR) is 140 cm³/mol. The van der Waals surface area contributed by atoms with Crippen LogP contribution in [0.2, 0.25) is 0 Å². The van der Waals surface area contributed by atoms with Gasteiger partial charge in [-0.15, -0.1) is 0 Å². The van der Waals surface area contributed by atoms with Gasteiger partial charge in [0.25, 0.3) is 0 Å². The van der Waals surface area contributed by atoms with Crippen LogP contribution in [0.3, 0.4) is 0 Å². The van der Waals surface area contributed by atoms with E-state index in [4.69, 9.17) is 0 Å². The maximum absolute atomic E-state index is 4.05. The van der Waals surface area contributed by atoms with Gasteiger partial charge in [0, 0.05) is 0 Å². The van der Waals surface area contributed by atoms with E-state index >= 15 is 0 Å². The van der Waals surface area contributed by atoms with Gasteiger partial charge in [0.05, 0.1) is 0 Å². The summed E-state index contributed by atoms with van der Waals surface area (Å²) < 4.78 is 0. The van der Waals surface area contributed by atoms with Crippen LogP contribution in [0.5, 0.6) is 0 Å². The third-order valence-corrected chi connectivity index (χ3v) is 11.5. The Morgan fingerprint density at radius 1 is 0.938 bits per heavy atom. The van der Waals surface area contributed by atoms with E-state index in [1.54, 1.807) is 0 Å². The van der Waals surface area contributed by atoms with Gasteiger partial charge in [0.2, 0.25) is 0 Å². The van der Waals surface area contributed by atoms with Crippen LogP contribution >= 0.6 is 0 Å². The molecule has 0 N–H and O–H groups in total. The molecule has 4 aliphatic carbocycles. The van der Waals surface area contributed by atoms with Gasteiger partial charge in [-0.05, 0) is 104 Å². The molecule has 0 nitrogen and oxygen atoms in total. The lowest BCUT2D eigenvalue weighted by molar-refractivity contribution is -0.0529. The zero-order valence-corrected chi connectivity index (χ0v) is 22.4. The van der Waals surface area contributed by atoms with Crippen LogP contribution in [0, 0.1) is 59.2 Å². The van der Waals surface area contributed by atoms with Crippen LogP contribution in [0.1, 0.15) is 131 Å². The van der Waals surface area contributed by atoms with Crippen molar-refractivity contribution in [1.82, 2.24) is 0 Å². The Morgan fingerprint density at radius 3 is 2.50 bits per heavy atom. The van der Waals surface area contributed by atoms with Crippen LogP contribution in [-0.4, -0.2) is 0 Å². The predicted octanol–water partition coefficient (Wildman–Crippen LogP) is 10.0. The van der Waals surface area contributed by atoms with Gasteiger partial charge in [0.15, 0.2) is 0 Å². The number of rotatable bonds is 9. The van der Waals surface area contributed by atoms with E-state index in [-0.39, 0.29) is 0 Å². The van der Waals surface area contributed by atoms with E-state index in [0.29, 0.717) is 10.8 Å². The Bertz CT molecular complexity index is 642. The molecule has 183 valence electrons. The molecule has 4 rings (SSSR count). The second-order valence-corrected chi connectivity index (χ2v) is 13.7. The van der Waals surface area contributed by atoms with Gasteiger partial charge < -0.3 is 0 Å². The summed E-state index contributed by atoms with van der Waals surface area (Å²) in [7, 11) is 0. The standard InChI is InChI=1S/C32H55/c1-7-8-9-13-25-18-20-31(5)26(22-25)14-15-27-29-17-16-28(24(4)12-10-11-23(2)3)32(29,6)21-19-30(27)31/h14,23-25,27-30H,1,7-13,15-22H2,2-6H3/t24-,25?,27?,28-,29?,30?,31+,32-/m1/s1. The summed E-state index contributed by atoms with van der Waals surface area (Å²) in [5.74, 6) is 6.72. The molecule has 0 aliphatic heterocycles. The van der Waals surface area contributed by atoms with Crippen molar-refractivity contribution in [3.8, 4) is 0 Å². The summed E-state index contributed by atoms with van der Waals surface area (Å²) in [4.78, 5) is 0. The maximum atomic E-state index is 4.05. The van der Waals surface area contributed by atoms with E-state index in [9.17, 15) is 0 Å². The number of hydrogen-bond donors (Lipinski definition) is 0. The lowest BCUT2D eigenvalue weighted by Gasteiger charge is -2.58. The molecular weight excluding hydrogens is 384 g/mol. The van der Waals surface area contributed by atoms with Crippen LogP contribution in [0.15, 0.2) is 11.6 Å². The van der Waals surface area contributed by atoms with Crippen molar-refractivity contribution in [2.45, 2.75) is 131 Å². The summed E-state index contributed by atoms with van der Waals surface area (Å²) in [5, 5.41) is 0. The highest BCUT2D eigenvalue weighted by molar-refractivity contribution is 5.25. The molecule has 0 heterocycles. The smallest absolute Gasteiger partial charge is 0.00851 e. The summed E-state index contributed by atoms with van der Waals surface area (Å²) in [6.45, 7) is 16.9. The molecule has 3 fully saturated rings. The number of unbranched alkanes of at least 4 members (excludes halogenated alkanes) is 2. The Kier molecular flexibility index (Phi) is 7.89. The molecule has 0 bridgehead atoms. The Balaban J connectivity index is 1.42. The minimum atomic E-state index is 0.536. The lowest BCUT2D eigenvalue weighted by atomic mass is 9.46. The highest BCUT2D eigenvalue weighted by Crippen LogP contribution is 2.67. The van der Waals surface area contributed by atoms with Gasteiger partial charge in [-0.2, -0.15) is 0 Å². The Morgan fingerprint density at radius 2 is 1.75 bits per heavy atom. The minimum absolute atomic E-state index is 0.536. The van der Waals surface area contributed by atoms with Crippen LogP contribution < -0.4 is 0 Å². The molecule has 0 amide bonds. The lowest BCUT2D eigenvalue weighted by Crippen LogP contribution is -2.50. The quantitative estimate of drug-likeness (QED) is 0.247. The SMILES string of the molecule is [CH2]CCCCC1CC[C@@]2(C)C(=CCC3C2CC[C@@]2(C)C3CC[C@@H]2[C@H](C)CCCC(C)C)C1. The van der Waals surface area contributed by atoms with E-state index in [0.717, 1.165) is 47.8 Å². The first kappa shape index (κ1) is 24.9. The van der Waals surface area contributed by atoms with Crippen molar-refractivity contribution in [3.63, 3.8) is 0 Å². The fraction of sp³-hybridized carbons (Fsp3) is 0.906. The summed E-state index contributed by atoms with van der Waals surface area (Å²) in [6, 6.07) is 0. The first-order valence-corrected chi connectivity index (χ1v) is 14.8. The van der Waals surface area contributed by atoms with Gasteiger partial charge in [0.1, 0.15) is 0 Å². The second-order valence-electron chi connectivity index (χ2n) is 13.7. The highest BCUT2D eigenvalue weighted by atomic mass is 14.6. The van der Waals surface area contributed by atoms with Gasteiger partial charge in [-0.25, -0.2) is 0 Å².